The van der Waals surface area contributed by atoms with Crippen LogP contribution in [-0.4, -0.2) is 14.3 Å². The Kier molecular flexibility index (Phi) is 2.52. The van der Waals surface area contributed by atoms with Crippen LogP contribution in [0.2, 0.25) is 0 Å². The second-order valence-electron chi connectivity index (χ2n) is 2.57. The van der Waals surface area contributed by atoms with E-state index in [1.54, 1.807) is 0 Å². The Morgan fingerprint density at radius 3 is 2.25 bits per heavy atom. The maximum Gasteiger partial charge on any atom is 0.344 e. The van der Waals surface area contributed by atoms with Gasteiger partial charge in [-0.25, -0.2) is 19.0 Å². The SMILES string of the molecule is CCCn1c(=O)[nH]c(=O)n1CC. The molecule has 0 unspecified atom stereocenters. The molecule has 0 atom stereocenters. The topological polar surface area (TPSA) is 59.8 Å². The number of nitrogens with zero attached hydrogens (tertiary/aromatic N) is 2. The Labute approximate surface area is 69.6 Å². The summed E-state index contributed by atoms with van der Waals surface area (Å²) in [7, 11) is 0. The molecule has 0 spiro atoms. The van der Waals surface area contributed by atoms with Gasteiger partial charge in [-0.1, -0.05) is 6.92 Å². The number of hydrogen-bond acceptors (Lipinski definition) is 2. The summed E-state index contributed by atoms with van der Waals surface area (Å²) in [6, 6.07) is 0. The molecule has 0 saturated heterocycles. The zero-order valence-electron chi connectivity index (χ0n) is 7.33. The second-order valence-corrected chi connectivity index (χ2v) is 2.57. The number of nitrogens with one attached hydrogen (secondary N) is 1. The van der Waals surface area contributed by atoms with E-state index in [0.717, 1.165) is 6.42 Å². The van der Waals surface area contributed by atoms with Crippen LogP contribution in [-0.2, 0) is 13.1 Å². The largest absolute Gasteiger partial charge is 0.344 e. The molecule has 12 heavy (non-hydrogen) atoms. The molecular weight excluding hydrogens is 158 g/mol. The van der Waals surface area contributed by atoms with Crippen molar-refractivity contribution >= 4 is 0 Å². The van der Waals surface area contributed by atoms with Crippen molar-refractivity contribution in [2.24, 2.45) is 0 Å². The standard InChI is InChI=1S/C7H13N3O2/c1-3-5-10-7(12)8-6(11)9(10)4-2/h3-5H2,1-2H3,(H,8,11,12). The molecule has 1 aromatic heterocycles. The zero-order chi connectivity index (χ0) is 9.14. The minimum atomic E-state index is -0.323. The number of aromatic amines is 1. The molecule has 0 fully saturated rings. The molecule has 0 aliphatic carbocycles. The lowest BCUT2D eigenvalue weighted by Gasteiger charge is -2.04. The fourth-order valence-electron chi connectivity index (χ4n) is 1.19. The van der Waals surface area contributed by atoms with Crippen molar-refractivity contribution in [2.45, 2.75) is 33.4 Å². The minimum absolute atomic E-state index is 0.316. The Balaban J connectivity index is 3.23. The van der Waals surface area contributed by atoms with Crippen LogP contribution in [0.25, 0.3) is 0 Å². The smallest absolute Gasteiger partial charge is 0.257 e. The first-order chi connectivity index (χ1) is 5.70. The highest BCUT2D eigenvalue weighted by Gasteiger charge is 2.04. The van der Waals surface area contributed by atoms with Crippen molar-refractivity contribution < 1.29 is 0 Å². The summed E-state index contributed by atoms with van der Waals surface area (Å²) in [5.74, 6) is 0. The normalized spacial score (nSPS) is 10.5. The summed E-state index contributed by atoms with van der Waals surface area (Å²) in [4.78, 5) is 24.4. The molecule has 1 heterocycles. The van der Waals surface area contributed by atoms with Crippen LogP contribution in [0, 0.1) is 0 Å². The van der Waals surface area contributed by atoms with Crippen molar-refractivity contribution in [3.63, 3.8) is 0 Å². The van der Waals surface area contributed by atoms with Crippen LogP contribution in [0.1, 0.15) is 20.3 Å². The fraction of sp³-hybridized carbons (Fsp3) is 0.714. The third-order valence-electron chi connectivity index (χ3n) is 1.71. The van der Waals surface area contributed by atoms with Crippen molar-refractivity contribution in [3.8, 4) is 0 Å². The number of hydrogen-bond donors (Lipinski definition) is 1. The third-order valence-corrected chi connectivity index (χ3v) is 1.71. The van der Waals surface area contributed by atoms with E-state index in [0.29, 0.717) is 13.1 Å². The Morgan fingerprint density at radius 2 is 1.75 bits per heavy atom. The van der Waals surface area contributed by atoms with Gasteiger partial charge in [0, 0.05) is 13.1 Å². The van der Waals surface area contributed by atoms with Crippen LogP contribution in [0.3, 0.4) is 0 Å². The van der Waals surface area contributed by atoms with Gasteiger partial charge in [-0.15, -0.1) is 0 Å². The summed E-state index contributed by atoms with van der Waals surface area (Å²) in [5, 5.41) is 0. The average molecular weight is 171 g/mol. The lowest BCUT2D eigenvalue weighted by Crippen LogP contribution is -2.25. The van der Waals surface area contributed by atoms with Gasteiger partial charge in [-0.2, -0.15) is 0 Å². The van der Waals surface area contributed by atoms with Gasteiger partial charge in [-0.3, -0.25) is 4.98 Å². The first-order valence-corrected chi connectivity index (χ1v) is 4.10. The van der Waals surface area contributed by atoms with Crippen molar-refractivity contribution in [3.05, 3.63) is 21.0 Å². The van der Waals surface area contributed by atoms with Crippen LogP contribution >= 0.6 is 0 Å². The number of rotatable bonds is 3. The van der Waals surface area contributed by atoms with E-state index in [4.69, 9.17) is 0 Å². The van der Waals surface area contributed by atoms with Crippen LogP contribution in [0.5, 0.6) is 0 Å². The van der Waals surface area contributed by atoms with Gasteiger partial charge in [0.05, 0.1) is 0 Å². The summed E-state index contributed by atoms with van der Waals surface area (Å²) in [6.07, 6.45) is 0.844. The molecule has 0 amide bonds. The van der Waals surface area contributed by atoms with E-state index in [1.165, 1.54) is 9.36 Å². The van der Waals surface area contributed by atoms with Gasteiger partial charge in [0.15, 0.2) is 0 Å². The Hall–Kier alpha value is -1.26. The van der Waals surface area contributed by atoms with Gasteiger partial charge in [0.1, 0.15) is 0 Å². The molecule has 5 heteroatoms. The minimum Gasteiger partial charge on any atom is -0.257 e. The highest BCUT2D eigenvalue weighted by Crippen LogP contribution is 1.82. The van der Waals surface area contributed by atoms with E-state index >= 15 is 0 Å². The Morgan fingerprint density at radius 1 is 1.17 bits per heavy atom. The summed E-state index contributed by atoms with van der Waals surface area (Å²) in [5.41, 5.74) is -0.639. The Bertz CT molecular complexity index is 357. The van der Waals surface area contributed by atoms with Gasteiger partial charge < -0.3 is 0 Å². The van der Waals surface area contributed by atoms with Crippen molar-refractivity contribution in [1.29, 1.82) is 0 Å². The van der Waals surface area contributed by atoms with Gasteiger partial charge in [0.2, 0.25) is 0 Å². The molecular formula is C7H13N3O2. The number of aromatic nitrogens is 3. The van der Waals surface area contributed by atoms with E-state index in [1.807, 2.05) is 13.8 Å². The molecule has 1 N–H and O–H groups in total. The molecule has 68 valence electrons. The van der Waals surface area contributed by atoms with Crippen LogP contribution in [0.4, 0.5) is 0 Å². The van der Waals surface area contributed by atoms with Gasteiger partial charge >= 0.3 is 11.4 Å². The fourth-order valence-corrected chi connectivity index (χ4v) is 1.19. The molecule has 1 aromatic rings. The first-order valence-electron chi connectivity index (χ1n) is 4.10. The van der Waals surface area contributed by atoms with E-state index in [9.17, 15) is 9.59 Å². The number of H-pyrrole nitrogens is 1. The lowest BCUT2D eigenvalue weighted by atomic mass is 10.5. The van der Waals surface area contributed by atoms with Gasteiger partial charge in [-0.05, 0) is 13.3 Å². The molecule has 1 rings (SSSR count). The van der Waals surface area contributed by atoms with E-state index in [2.05, 4.69) is 4.98 Å². The molecule has 0 aromatic carbocycles. The quantitative estimate of drug-likeness (QED) is 0.682. The predicted octanol–water partition coefficient (Wildman–Crippen LogP) is -0.232. The molecule has 5 nitrogen and oxygen atoms in total. The van der Waals surface area contributed by atoms with E-state index < -0.39 is 0 Å². The monoisotopic (exact) mass is 171 g/mol. The van der Waals surface area contributed by atoms with Crippen LogP contribution in [0.15, 0.2) is 9.59 Å². The second kappa shape index (κ2) is 3.42. The maximum absolute atomic E-state index is 11.1. The average Bonchev–Trinajstić information content (AvgIpc) is 2.28. The molecule has 0 aliphatic rings. The summed E-state index contributed by atoms with van der Waals surface area (Å²) >= 11 is 0. The zero-order valence-corrected chi connectivity index (χ0v) is 7.33. The third kappa shape index (κ3) is 1.34. The van der Waals surface area contributed by atoms with E-state index in [-0.39, 0.29) is 11.4 Å². The van der Waals surface area contributed by atoms with Crippen LogP contribution < -0.4 is 11.4 Å². The maximum atomic E-state index is 11.1. The summed E-state index contributed by atoms with van der Waals surface area (Å²) in [6.45, 7) is 4.91. The highest BCUT2D eigenvalue weighted by molar-refractivity contribution is 4.66. The van der Waals surface area contributed by atoms with Crippen molar-refractivity contribution in [1.82, 2.24) is 14.3 Å². The molecule has 0 saturated carbocycles. The molecule has 0 bridgehead atoms. The first kappa shape index (κ1) is 8.83. The highest BCUT2D eigenvalue weighted by atomic mass is 16.2. The lowest BCUT2D eigenvalue weighted by molar-refractivity contribution is 0.444. The molecule has 0 radical (unpaired) electrons. The summed E-state index contributed by atoms with van der Waals surface area (Å²) < 4.78 is 2.84. The predicted molar refractivity (Wildman–Crippen MR) is 45.3 cm³/mol. The van der Waals surface area contributed by atoms with Crippen molar-refractivity contribution in [2.75, 3.05) is 0 Å². The molecule has 0 aliphatic heterocycles. The van der Waals surface area contributed by atoms with Gasteiger partial charge in [0.25, 0.3) is 0 Å².